The number of allylic oxidation sites excluding steroid dienone is 14. The molecule has 0 fully saturated rings. The van der Waals surface area contributed by atoms with Crippen molar-refractivity contribution in [3.8, 4) is 0 Å². The van der Waals surface area contributed by atoms with Gasteiger partial charge >= 0.3 is 5.97 Å². The first kappa shape index (κ1) is 55.0. The van der Waals surface area contributed by atoms with Gasteiger partial charge in [0.2, 0.25) is 5.91 Å². The van der Waals surface area contributed by atoms with Crippen LogP contribution >= 0.6 is 0 Å². The highest BCUT2D eigenvalue weighted by molar-refractivity contribution is 5.77. The zero-order valence-corrected chi connectivity index (χ0v) is 37.6. The van der Waals surface area contributed by atoms with E-state index < -0.39 is 18.2 Å². The fourth-order valence-corrected chi connectivity index (χ4v) is 6.76. The second-order valence-corrected chi connectivity index (χ2v) is 15.9. The standard InChI is InChI=1S/C52H89NO5/c1-4-7-10-13-16-19-21-23-25-26-27-29-31-33-36-39-42-45-52(57)58-48(43-40-37-34-18-15-12-9-6-3)46-51(56)53-49(47-54)50(55)44-41-38-35-32-30-28-24-22-20-17-14-11-8-5-2/h7,10,12-13,15-16,19,21,23,25-27,29,31,48-50,54-55H,4-6,8-9,11,14,17-18,20,22,24,28,30,32-47H2,1-3H3,(H,53,56)/b10-7-,15-12-,16-13+,21-19+,25-23-,27-26+,31-29+. The van der Waals surface area contributed by atoms with Gasteiger partial charge in [0.05, 0.1) is 25.2 Å². The topological polar surface area (TPSA) is 95.9 Å². The van der Waals surface area contributed by atoms with Gasteiger partial charge in [-0.15, -0.1) is 0 Å². The lowest BCUT2D eigenvalue weighted by molar-refractivity contribution is -0.151. The molecule has 0 saturated heterocycles. The third kappa shape index (κ3) is 39.8. The van der Waals surface area contributed by atoms with Crippen LogP contribution in [0.25, 0.3) is 0 Å². The van der Waals surface area contributed by atoms with E-state index in [-0.39, 0.29) is 24.9 Å². The SMILES string of the molecule is CC\C=C/C=C/C=C/C=C\C=C\C=C\CCCCCC(=O)OC(CCCCC/C=C\CCC)CC(=O)NC(CO)C(O)CCCCCCCCCCCCCCCC. The first-order chi connectivity index (χ1) is 28.5. The minimum absolute atomic E-state index is 0.0434. The van der Waals surface area contributed by atoms with E-state index >= 15 is 0 Å². The van der Waals surface area contributed by atoms with Crippen molar-refractivity contribution in [1.29, 1.82) is 0 Å². The minimum atomic E-state index is -0.802. The molecule has 0 aromatic heterocycles. The van der Waals surface area contributed by atoms with Crippen molar-refractivity contribution in [2.45, 2.75) is 225 Å². The van der Waals surface area contributed by atoms with Crippen LogP contribution in [0.2, 0.25) is 0 Å². The third-order valence-corrected chi connectivity index (χ3v) is 10.4. The van der Waals surface area contributed by atoms with Crippen LogP contribution in [0.15, 0.2) is 85.1 Å². The predicted molar refractivity (Wildman–Crippen MR) is 250 cm³/mol. The molecular weight excluding hydrogens is 719 g/mol. The molecule has 0 aliphatic rings. The van der Waals surface area contributed by atoms with Crippen molar-refractivity contribution in [2.24, 2.45) is 0 Å². The summed E-state index contributed by atoms with van der Waals surface area (Å²) in [6, 6.07) is -0.718. The highest BCUT2D eigenvalue weighted by atomic mass is 16.5. The van der Waals surface area contributed by atoms with Gasteiger partial charge in [-0.2, -0.15) is 0 Å². The van der Waals surface area contributed by atoms with E-state index in [1.807, 2.05) is 54.7 Å². The van der Waals surface area contributed by atoms with Crippen LogP contribution in [0, 0.1) is 0 Å². The van der Waals surface area contributed by atoms with Crippen LogP contribution in [0.4, 0.5) is 0 Å². The van der Waals surface area contributed by atoms with Crippen molar-refractivity contribution < 1.29 is 24.5 Å². The van der Waals surface area contributed by atoms with Gasteiger partial charge in [0, 0.05) is 6.42 Å². The lowest BCUT2D eigenvalue weighted by atomic mass is 10.0. The number of aliphatic hydroxyl groups excluding tert-OH is 2. The molecule has 0 aromatic carbocycles. The maximum atomic E-state index is 13.1. The molecular formula is C52H89NO5. The molecule has 0 spiro atoms. The maximum absolute atomic E-state index is 13.1. The number of carbonyl (C=O) groups is 2. The third-order valence-electron chi connectivity index (χ3n) is 10.4. The number of esters is 1. The number of hydrogen-bond acceptors (Lipinski definition) is 5. The Kier molecular flexibility index (Phi) is 42.8. The Hall–Kier alpha value is -2.96. The second-order valence-electron chi connectivity index (χ2n) is 15.9. The maximum Gasteiger partial charge on any atom is 0.306 e. The first-order valence-electron chi connectivity index (χ1n) is 23.9. The molecule has 0 rings (SSSR count). The van der Waals surface area contributed by atoms with Crippen LogP contribution in [-0.4, -0.2) is 46.9 Å². The summed E-state index contributed by atoms with van der Waals surface area (Å²) in [4.78, 5) is 26.0. The van der Waals surface area contributed by atoms with E-state index in [4.69, 9.17) is 4.74 Å². The summed E-state index contributed by atoms with van der Waals surface area (Å²) < 4.78 is 5.86. The van der Waals surface area contributed by atoms with Crippen molar-refractivity contribution >= 4 is 11.9 Å². The summed E-state index contributed by atoms with van der Waals surface area (Å²) in [6.45, 7) is 6.24. The predicted octanol–water partition coefficient (Wildman–Crippen LogP) is 14.0. The van der Waals surface area contributed by atoms with Gasteiger partial charge in [-0.3, -0.25) is 9.59 Å². The average Bonchev–Trinajstić information content (AvgIpc) is 3.22. The lowest BCUT2D eigenvalue weighted by Crippen LogP contribution is -2.46. The largest absolute Gasteiger partial charge is 0.462 e. The molecule has 0 bridgehead atoms. The second kappa shape index (κ2) is 45.1. The summed E-state index contributed by atoms with van der Waals surface area (Å²) in [7, 11) is 0. The molecule has 6 heteroatoms. The molecule has 58 heavy (non-hydrogen) atoms. The van der Waals surface area contributed by atoms with Gasteiger partial charge in [0.15, 0.2) is 0 Å². The molecule has 0 saturated carbocycles. The molecule has 0 aliphatic carbocycles. The van der Waals surface area contributed by atoms with E-state index in [9.17, 15) is 19.8 Å². The van der Waals surface area contributed by atoms with Gasteiger partial charge in [-0.1, -0.05) is 215 Å². The van der Waals surface area contributed by atoms with Gasteiger partial charge in [0.1, 0.15) is 6.10 Å². The molecule has 3 unspecified atom stereocenters. The van der Waals surface area contributed by atoms with Crippen molar-refractivity contribution in [1.82, 2.24) is 5.32 Å². The zero-order chi connectivity index (χ0) is 42.4. The molecule has 0 aliphatic heterocycles. The monoisotopic (exact) mass is 808 g/mol. The molecule has 332 valence electrons. The number of carbonyl (C=O) groups excluding carboxylic acids is 2. The molecule has 6 nitrogen and oxygen atoms in total. The van der Waals surface area contributed by atoms with Crippen LogP contribution in [0.3, 0.4) is 0 Å². The summed E-state index contributed by atoms with van der Waals surface area (Å²) >= 11 is 0. The Morgan fingerprint density at radius 3 is 1.53 bits per heavy atom. The number of ether oxygens (including phenoxy) is 1. The number of amides is 1. The summed E-state index contributed by atoms with van der Waals surface area (Å²) in [5.74, 6) is -0.552. The average molecular weight is 808 g/mol. The lowest BCUT2D eigenvalue weighted by Gasteiger charge is -2.24. The van der Waals surface area contributed by atoms with E-state index in [1.165, 1.54) is 70.6 Å². The van der Waals surface area contributed by atoms with Gasteiger partial charge < -0.3 is 20.3 Å². The Morgan fingerprint density at radius 2 is 0.983 bits per heavy atom. The highest BCUT2D eigenvalue weighted by Gasteiger charge is 2.24. The Balaban J connectivity index is 4.56. The number of rotatable bonds is 41. The number of hydrogen-bond donors (Lipinski definition) is 3. The Bertz CT molecular complexity index is 1130. The smallest absolute Gasteiger partial charge is 0.306 e. The first-order valence-corrected chi connectivity index (χ1v) is 23.9. The van der Waals surface area contributed by atoms with Crippen LogP contribution < -0.4 is 5.32 Å². The number of nitrogens with one attached hydrogen (secondary N) is 1. The minimum Gasteiger partial charge on any atom is -0.462 e. The number of unbranched alkanes of at least 4 members (excludes halogenated alkanes) is 20. The van der Waals surface area contributed by atoms with Gasteiger partial charge in [0.25, 0.3) is 0 Å². The van der Waals surface area contributed by atoms with Crippen molar-refractivity contribution in [3.63, 3.8) is 0 Å². The van der Waals surface area contributed by atoms with Gasteiger partial charge in [-0.05, 0) is 64.2 Å². The van der Waals surface area contributed by atoms with Crippen LogP contribution in [-0.2, 0) is 14.3 Å². The van der Waals surface area contributed by atoms with Crippen LogP contribution in [0.5, 0.6) is 0 Å². The summed E-state index contributed by atoms with van der Waals surface area (Å²) in [6.07, 6.45) is 57.9. The van der Waals surface area contributed by atoms with Crippen molar-refractivity contribution in [2.75, 3.05) is 6.61 Å². The number of aliphatic hydroxyl groups is 2. The van der Waals surface area contributed by atoms with Gasteiger partial charge in [-0.25, -0.2) is 0 Å². The molecule has 1 amide bonds. The van der Waals surface area contributed by atoms with Crippen molar-refractivity contribution in [3.05, 3.63) is 85.1 Å². The Labute approximate surface area is 357 Å². The molecule has 3 N–H and O–H groups in total. The Morgan fingerprint density at radius 1 is 0.517 bits per heavy atom. The molecule has 0 aromatic rings. The quantitative estimate of drug-likeness (QED) is 0.0247. The van der Waals surface area contributed by atoms with E-state index in [2.05, 4.69) is 56.5 Å². The molecule has 0 radical (unpaired) electrons. The van der Waals surface area contributed by atoms with Crippen LogP contribution in [0.1, 0.15) is 207 Å². The summed E-state index contributed by atoms with van der Waals surface area (Å²) in [5.41, 5.74) is 0. The molecule has 3 atom stereocenters. The normalized spacial score (nSPS) is 14.1. The van der Waals surface area contributed by atoms with E-state index in [1.54, 1.807) is 0 Å². The zero-order valence-electron chi connectivity index (χ0n) is 37.6. The fourth-order valence-electron chi connectivity index (χ4n) is 6.76. The molecule has 0 heterocycles. The van der Waals surface area contributed by atoms with E-state index in [0.29, 0.717) is 19.3 Å². The fraction of sp³-hybridized carbons (Fsp3) is 0.692. The summed E-state index contributed by atoms with van der Waals surface area (Å²) in [5, 5.41) is 23.7. The van der Waals surface area contributed by atoms with E-state index in [0.717, 1.165) is 89.9 Å². The highest BCUT2D eigenvalue weighted by Crippen LogP contribution is 2.17.